The largest absolute Gasteiger partial charge is 0.508 e. The quantitative estimate of drug-likeness (QED) is 0.760. The van der Waals surface area contributed by atoms with Crippen molar-refractivity contribution in [3.63, 3.8) is 0 Å². The first-order chi connectivity index (χ1) is 10.1. The summed E-state index contributed by atoms with van der Waals surface area (Å²) in [7, 11) is 0. The zero-order valence-corrected chi connectivity index (χ0v) is 12.0. The molecule has 0 bridgehead atoms. The molecule has 0 aliphatic rings. The predicted octanol–water partition coefficient (Wildman–Crippen LogP) is 2.05. The molecule has 0 atom stereocenters. The van der Waals surface area contributed by atoms with Crippen LogP contribution >= 0.6 is 11.3 Å². The van der Waals surface area contributed by atoms with Crippen molar-refractivity contribution in [3.8, 4) is 16.9 Å². The van der Waals surface area contributed by atoms with Crippen LogP contribution in [0.5, 0.6) is 5.75 Å². The van der Waals surface area contributed by atoms with E-state index >= 15 is 0 Å². The summed E-state index contributed by atoms with van der Waals surface area (Å²) in [5.74, 6) is 0.233. The molecule has 1 aromatic heterocycles. The first-order valence-corrected chi connectivity index (χ1v) is 7.23. The molecule has 0 fully saturated rings. The monoisotopic (exact) mass is 295 g/mol. The molecular weight excluding hydrogens is 282 g/mol. The van der Waals surface area contributed by atoms with Crippen molar-refractivity contribution < 1.29 is 5.11 Å². The molecule has 2 aromatic carbocycles. The molecule has 3 rings (SSSR count). The van der Waals surface area contributed by atoms with E-state index < -0.39 is 0 Å². The fourth-order valence-corrected chi connectivity index (χ4v) is 2.89. The lowest BCUT2D eigenvalue weighted by molar-refractivity contribution is 0.475. The molecule has 104 valence electrons. The number of H-pyrrole nitrogens is 1. The van der Waals surface area contributed by atoms with Gasteiger partial charge in [0.15, 0.2) is 0 Å². The van der Waals surface area contributed by atoms with Gasteiger partial charge in [0, 0.05) is 0 Å². The van der Waals surface area contributed by atoms with Crippen molar-refractivity contribution in [1.29, 1.82) is 0 Å². The summed E-state index contributed by atoms with van der Waals surface area (Å²) in [6, 6.07) is 14.8. The summed E-state index contributed by atoms with van der Waals surface area (Å²) >= 11 is 1.34. The number of aromatic hydroxyl groups is 1. The smallest absolute Gasteiger partial charge is 0.266 e. The Kier molecular flexibility index (Phi) is 3.46. The van der Waals surface area contributed by atoms with Gasteiger partial charge in [-0.25, -0.2) is 0 Å². The van der Waals surface area contributed by atoms with Gasteiger partial charge in [0.25, 0.3) is 5.56 Å². The van der Waals surface area contributed by atoms with Crippen LogP contribution in [0.2, 0.25) is 0 Å². The highest BCUT2D eigenvalue weighted by molar-refractivity contribution is 7.07. The number of rotatable bonds is 2. The highest BCUT2D eigenvalue weighted by atomic mass is 32.1. The number of thiazole rings is 1. The molecule has 3 aromatic rings. The van der Waals surface area contributed by atoms with E-state index in [1.54, 1.807) is 12.1 Å². The van der Waals surface area contributed by atoms with Crippen LogP contribution in [0.1, 0.15) is 5.56 Å². The summed E-state index contributed by atoms with van der Waals surface area (Å²) in [5.41, 5.74) is 2.83. The third-order valence-corrected chi connectivity index (χ3v) is 4.01. The van der Waals surface area contributed by atoms with Crippen LogP contribution < -0.4 is 14.8 Å². The van der Waals surface area contributed by atoms with E-state index in [0.717, 1.165) is 16.7 Å². The number of hydrogen-bond acceptors (Lipinski definition) is 3. The number of phenolic OH excluding ortho intramolecular Hbond substituents is 1. The second kappa shape index (κ2) is 5.42. The normalized spacial score (nSPS) is 11.7. The Morgan fingerprint density at radius 2 is 1.81 bits per heavy atom. The number of aromatic nitrogens is 1. The topological polar surface area (TPSA) is 53.1 Å². The van der Waals surface area contributed by atoms with Crippen LogP contribution in [0.25, 0.3) is 23.8 Å². The summed E-state index contributed by atoms with van der Waals surface area (Å²) in [6.07, 6.45) is 1.86. The Hall–Kier alpha value is -2.59. The second-order valence-corrected chi connectivity index (χ2v) is 5.76. The van der Waals surface area contributed by atoms with Gasteiger partial charge in [-0.15, -0.1) is 11.3 Å². The lowest BCUT2D eigenvalue weighted by Crippen LogP contribution is -2.19. The highest BCUT2D eigenvalue weighted by Crippen LogP contribution is 2.25. The standard InChI is InChI=1S/C17H13NO2S/c1-11-18-17(20)16(21-11)10-13-4-2-3-5-15(13)12-6-8-14(19)9-7-12/h2-10,19H,1H2,(H,18,20)/b16-10-. The molecule has 0 spiro atoms. The van der Waals surface area contributed by atoms with Crippen LogP contribution in [0.4, 0.5) is 0 Å². The van der Waals surface area contributed by atoms with E-state index in [-0.39, 0.29) is 11.3 Å². The van der Waals surface area contributed by atoms with E-state index in [1.165, 1.54) is 11.3 Å². The molecule has 3 nitrogen and oxygen atoms in total. The van der Waals surface area contributed by atoms with E-state index in [1.807, 2.05) is 42.5 Å². The summed E-state index contributed by atoms with van der Waals surface area (Å²) in [5, 5.41) is 9.39. The average molecular weight is 295 g/mol. The SMILES string of the molecule is C=c1[nH]c(=O)/c(=C/c2ccccc2-c2ccc(O)cc2)s1. The fraction of sp³-hybridized carbons (Fsp3) is 0. The molecule has 21 heavy (non-hydrogen) atoms. The number of hydrogen-bond donors (Lipinski definition) is 2. The number of benzene rings is 2. The van der Waals surface area contributed by atoms with Crippen molar-refractivity contribution in [3.05, 3.63) is 73.6 Å². The molecule has 0 amide bonds. The van der Waals surface area contributed by atoms with Crippen LogP contribution in [0.3, 0.4) is 0 Å². The Balaban J connectivity index is 2.19. The molecule has 1 heterocycles. The first-order valence-electron chi connectivity index (χ1n) is 6.42. The lowest BCUT2D eigenvalue weighted by atomic mass is 9.99. The molecule has 0 aliphatic heterocycles. The van der Waals surface area contributed by atoms with Gasteiger partial charge in [-0.05, 0) is 34.9 Å². The van der Waals surface area contributed by atoms with Crippen molar-refractivity contribution in [2.45, 2.75) is 0 Å². The zero-order valence-electron chi connectivity index (χ0n) is 11.2. The van der Waals surface area contributed by atoms with Gasteiger partial charge in [0.1, 0.15) is 5.75 Å². The second-order valence-electron chi connectivity index (χ2n) is 4.62. The van der Waals surface area contributed by atoms with Gasteiger partial charge in [0.05, 0.1) is 9.20 Å². The summed E-state index contributed by atoms with van der Waals surface area (Å²) < 4.78 is 1.28. The van der Waals surface area contributed by atoms with Gasteiger partial charge in [0.2, 0.25) is 0 Å². The Labute approximate surface area is 125 Å². The first kappa shape index (κ1) is 13.4. The van der Waals surface area contributed by atoms with Crippen LogP contribution in [0, 0.1) is 0 Å². The third-order valence-electron chi connectivity index (χ3n) is 3.14. The van der Waals surface area contributed by atoms with E-state index in [0.29, 0.717) is 9.20 Å². The lowest BCUT2D eigenvalue weighted by Gasteiger charge is -2.06. The number of nitrogens with one attached hydrogen (secondary N) is 1. The van der Waals surface area contributed by atoms with Crippen molar-refractivity contribution >= 4 is 24.0 Å². The predicted molar refractivity (Wildman–Crippen MR) is 86.8 cm³/mol. The van der Waals surface area contributed by atoms with Gasteiger partial charge in [-0.1, -0.05) is 43.0 Å². The third kappa shape index (κ3) is 2.80. The molecule has 0 saturated carbocycles. The number of phenols is 1. The van der Waals surface area contributed by atoms with E-state index in [2.05, 4.69) is 11.6 Å². The van der Waals surface area contributed by atoms with E-state index in [9.17, 15) is 9.90 Å². The van der Waals surface area contributed by atoms with Gasteiger partial charge in [-0.2, -0.15) is 0 Å². The maximum Gasteiger partial charge on any atom is 0.266 e. The highest BCUT2D eigenvalue weighted by Gasteiger charge is 2.03. The fourth-order valence-electron chi connectivity index (χ4n) is 2.16. The summed E-state index contributed by atoms with van der Waals surface area (Å²) in [6.45, 7) is 3.75. The minimum atomic E-state index is -0.120. The zero-order chi connectivity index (χ0) is 14.8. The molecule has 4 heteroatoms. The molecule has 2 N–H and O–H groups in total. The minimum absolute atomic E-state index is 0.120. The Morgan fingerprint density at radius 3 is 2.48 bits per heavy atom. The Bertz CT molecular complexity index is 936. The van der Waals surface area contributed by atoms with Crippen LogP contribution in [-0.2, 0) is 0 Å². The Morgan fingerprint density at radius 1 is 1.10 bits per heavy atom. The van der Waals surface area contributed by atoms with Crippen molar-refractivity contribution in [1.82, 2.24) is 4.98 Å². The van der Waals surface area contributed by atoms with Crippen LogP contribution in [0.15, 0.2) is 53.3 Å². The number of aromatic amines is 1. The molecule has 0 saturated heterocycles. The van der Waals surface area contributed by atoms with Crippen molar-refractivity contribution in [2.75, 3.05) is 0 Å². The maximum atomic E-state index is 11.8. The van der Waals surface area contributed by atoms with Crippen LogP contribution in [-0.4, -0.2) is 10.1 Å². The molecule has 0 radical (unpaired) electrons. The minimum Gasteiger partial charge on any atom is -0.508 e. The van der Waals surface area contributed by atoms with Gasteiger partial charge >= 0.3 is 0 Å². The van der Waals surface area contributed by atoms with Gasteiger partial charge in [-0.3, -0.25) is 4.79 Å². The maximum absolute atomic E-state index is 11.8. The molecule has 0 aliphatic carbocycles. The van der Waals surface area contributed by atoms with Crippen molar-refractivity contribution in [2.24, 2.45) is 0 Å². The molecule has 0 unspecified atom stereocenters. The van der Waals surface area contributed by atoms with Gasteiger partial charge < -0.3 is 10.1 Å². The molecular formula is C17H13NO2S. The summed E-state index contributed by atoms with van der Waals surface area (Å²) in [4.78, 5) is 14.5. The average Bonchev–Trinajstić information content (AvgIpc) is 2.79. The van der Waals surface area contributed by atoms with E-state index in [4.69, 9.17) is 0 Å².